The van der Waals surface area contributed by atoms with Crippen LogP contribution >= 0.6 is 0 Å². The van der Waals surface area contributed by atoms with E-state index in [1.165, 1.54) is 18.2 Å². The SMILES string of the molecule is CCN(CCCCCCO)c1ccc(N=Nc2ccc([N+](=O)[O-])cc2C#N)cc1. The topological polar surface area (TPSA) is 115 Å². The Hall–Kier alpha value is -3.31. The summed E-state index contributed by atoms with van der Waals surface area (Å²) in [5, 5.41) is 37.0. The van der Waals surface area contributed by atoms with Crippen molar-refractivity contribution in [2.24, 2.45) is 10.2 Å². The number of aliphatic hydroxyl groups excluding tert-OH is 1. The number of nitro groups is 1. The number of unbranched alkanes of at least 4 members (excludes halogenated alkanes) is 3. The first-order valence-electron chi connectivity index (χ1n) is 9.65. The number of nitrogens with zero attached hydrogens (tertiary/aromatic N) is 5. The Morgan fingerprint density at radius 1 is 1.10 bits per heavy atom. The molecule has 0 atom stereocenters. The first-order valence-corrected chi connectivity index (χ1v) is 9.65. The minimum Gasteiger partial charge on any atom is -0.396 e. The summed E-state index contributed by atoms with van der Waals surface area (Å²) in [6.07, 6.45) is 4.07. The van der Waals surface area contributed by atoms with Gasteiger partial charge in [-0.25, -0.2) is 0 Å². The van der Waals surface area contributed by atoms with Gasteiger partial charge >= 0.3 is 0 Å². The Morgan fingerprint density at radius 3 is 2.45 bits per heavy atom. The second-order valence-electron chi connectivity index (χ2n) is 6.50. The molecule has 0 saturated heterocycles. The minimum atomic E-state index is -0.549. The van der Waals surface area contributed by atoms with Gasteiger partial charge in [0.25, 0.3) is 5.69 Å². The van der Waals surface area contributed by atoms with Gasteiger partial charge in [-0.05, 0) is 50.1 Å². The van der Waals surface area contributed by atoms with E-state index in [4.69, 9.17) is 5.11 Å². The van der Waals surface area contributed by atoms with Gasteiger partial charge in [-0.3, -0.25) is 10.1 Å². The van der Waals surface area contributed by atoms with Crippen molar-refractivity contribution in [3.8, 4) is 6.07 Å². The summed E-state index contributed by atoms with van der Waals surface area (Å²) in [6.45, 7) is 4.22. The van der Waals surface area contributed by atoms with E-state index < -0.39 is 4.92 Å². The second kappa shape index (κ2) is 11.5. The number of nitro benzene ring substituents is 1. The molecule has 2 rings (SSSR count). The standard InChI is InChI=1S/C21H25N5O3/c1-2-25(13-5-3-4-6-14-27)19-9-7-18(8-10-19)23-24-21-12-11-20(26(28)29)15-17(21)16-22/h7-12,15,27H,2-6,13-14H2,1H3. The van der Waals surface area contributed by atoms with E-state index in [0.717, 1.165) is 44.5 Å². The molecule has 0 fully saturated rings. The fourth-order valence-corrected chi connectivity index (χ4v) is 2.89. The van der Waals surface area contributed by atoms with Crippen molar-refractivity contribution in [2.75, 3.05) is 24.6 Å². The fraction of sp³-hybridized carbons (Fsp3) is 0.381. The number of rotatable bonds is 11. The Morgan fingerprint density at radius 2 is 1.83 bits per heavy atom. The number of anilines is 1. The molecule has 152 valence electrons. The smallest absolute Gasteiger partial charge is 0.270 e. The number of azo groups is 1. The molecule has 0 saturated carbocycles. The zero-order valence-corrected chi connectivity index (χ0v) is 16.5. The summed E-state index contributed by atoms with van der Waals surface area (Å²) in [7, 11) is 0. The summed E-state index contributed by atoms with van der Waals surface area (Å²) in [6, 6.07) is 13.5. The summed E-state index contributed by atoms with van der Waals surface area (Å²) in [4.78, 5) is 12.5. The Kier molecular flexibility index (Phi) is 8.73. The molecule has 0 aromatic heterocycles. The van der Waals surface area contributed by atoms with Crippen molar-refractivity contribution < 1.29 is 10.0 Å². The van der Waals surface area contributed by atoms with Crippen LogP contribution in [-0.2, 0) is 0 Å². The predicted molar refractivity (Wildman–Crippen MR) is 112 cm³/mol. The molecule has 0 unspecified atom stereocenters. The minimum absolute atomic E-state index is 0.109. The Labute approximate surface area is 170 Å². The van der Waals surface area contributed by atoms with Crippen molar-refractivity contribution in [2.45, 2.75) is 32.6 Å². The van der Waals surface area contributed by atoms with Gasteiger partial charge in [-0.1, -0.05) is 12.8 Å². The lowest BCUT2D eigenvalue weighted by Gasteiger charge is -2.23. The van der Waals surface area contributed by atoms with E-state index in [9.17, 15) is 15.4 Å². The van der Waals surface area contributed by atoms with Crippen molar-refractivity contribution in [3.05, 3.63) is 58.1 Å². The van der Waals surface area contributed by atoms with Gasteiger partial charge in [-0.2, -0.15) is 10.4 Å². The lowest BCUT2D eigenvalue weighted by Crippen LogP contribution is -2.23. The molecule has 8 heteroatoms. The number of aliphatic hydroxyl groups is 1. The molecular weight excluding hydrogens is 370 g/mol. The van der Waals surface area contributed by atoms with Gasteiger partial charge in [0.15, 0.2) is 0 Å². The number of nitriles is 1. The Bertz CT molecular complexity index is 875. The van der Waals surface area contributed by atoms with Crippen LogP contribution in [0.15, 0.2) is 52.7 Å². The predicted octanol–water partition coefficient (Wildman–Crippen LogP) is 5.26. The van der Waals surface area contributed by atoms with Crippen molar-refractivity contribution in [1.82, 2.24) is 0 Å². The fourth-order valence-electron chi connectivity index (χ4n) is 2.89. The quantitative estimate of drug-likeness (QED) is 0.241. The molecule has 0 amide bonds. The number of benzene rings is 2. The summed E-state index contributed by atoms with van der Waals surface area (Å²) < 4.78 is 0. The van der Waals surface area contributed by atoms with E-state index in [1.54, 1.807) is 0 Å². The number of hydrogen-bond donors (Lipinski definition) is 1. The molecule has 2 aromatic rings. The monoisotopic (exact) mass is 395 g/mol. The third-order valence-electron chi connectivity index (χ3n) is 4.52. The van der Waals surface area contributed by atoms with Crippen LogP contribution in [0, 0.1) is 21.4 Å². The summed E-state index contributed by atoms with van der Waals surface area (Å²) in [5.41, 5.74) is 1.98. The molecule has 0 radical (unpaired) electrons. The molecule has 0 aliphatic carbocycles. The van der Waals surface area contributed by atoms with Crippen molar-refractivity contribution in [3.63, 3.8) is 0 Å². The van der Waals surface area contributed by atoms with E-state index in [0.29, 0.717) is 11.4 Å². The van der Waals surface area contributed by atoms with E-state index in [2.05, 4.69) is 22.1 Å². The number of hydrogen-bond acceptors (Lipinski definition) is 7. The normalized spacial score (nSPS) is 10.8. The average Bonchev–Trinajstić information content (AvgIpc) is 2.75. The highest BCUT2D eigenvalue weighted by molar-refractivity contribution is 5.58. The molecule has 0 aliphatic rings. The van der Waals surface area contributed by atoms with Crippen LogP contribution in [0.1, 0.15) is 38.2 Å². The highest BCUT2D eigenvalue weighted by Crippen LogP contribution is 2.27. The van der Waals surface area contributed by atoms with E-state index >= 15 is 0 Å². The first-order chi connectivity index (χ1) is 14.1. The zero-order valence-electron chi connectivity index (χ0n) is 16.5. The van der Waals surface area contributed by atoms with Gasteiger partial charge in [0, 0.05) is 37.5 Å². The third-order valence-corrected chi connectivity index (χ3v) is 4.52. The van der Waals surface area contributed by atoms with Crippen LogP contribution in [0.2, 0.25) is 0 Å². The lowest BCUT2D eigenvalue weighted by atomic mass is 10.2. The van der Waals surface area contributed by atoms with Gasteiger partial charge in [0.2, 0.25) is 0 Å². The van der Waals surface area contributed by atoms with Crippen LogP contribution in [0.25, 0.3) is 0 Å². The van der Waals surface area contributed by atoms with Gasteiger partial charge in [0.1, 0.15) is 11.8 Å². The van der Waals surface area contributed by atoms with Crippen LogP contribution in [0.3, 0.4) is 0 Å². The van der Waals surface area contributed by atoms with Crippen LogP contribution in [0.5, 0.6) is 0 Å². The van der Waals surface area contributed by atoms with Crippen LogP contribution in [-0.4, -0.2) is 29.7 Å². The first kappa shape index (κ1) is 22.0. The maximum absolute atomic E-state index is 10.8. The maximum atomic E-state index is 10.8. The van der Waals surface area contributed by atoms with Gasteiger partial charge in [-0.15, -0.1) is 5.11 Å². The molecule has 29 heavy (non-hydrogen) atoms. The van der Waals surface area contributed by atoms with Crippen LogP contribution in [0.4, 0.5) is 22.7 Å². The second-order valence-corrected chi connectivity index (χ2v) is 6.50. The molecule has 0 bridgehead atoms. The summed E-state index contributed by atoms with van der Waals surface area (Å²) >= 11 is 0. The van der Waals surface area contributed by atoms with Crippen molar-refractivity contribution in [1.29, 1.82) is 5.26 Å². The Balaban J connectivity index is 2.03. The number of non-ortho nitro benzene ring substituents is 1. The van der Waals surface area contributed by atoms with E-state index in [1.807, 2.05) is 30.3 Å². The van der Waals surface area contributed by atoms with Gasteiger partial charge < -0.3 is 10.0 Å². The highest BCUT2D eigenvalue weighted by Gasteiger charge is 2.10. The van der Waals surface area contributed by atoms with Crippen LogP contribution < -0.4 is 4.90 Å². The molecule has 2 aromatic carbocycles. The molecule has 0 spiro atoms. The largest absolute Gasteiger partial charge is 0.396 e. The molecule has 1 N–H and O–H groups in total. The summed E-state index contributed by atoms with van der Waals surface area (Å²) in [5.74, 6) is 0. The zero-order chi connectivity index (χ0) is 21.1. The molecular formula is C21H25N5O3. The molecule has 8 nitrogen and oxygen atoms in total. The van der Waals surface area contributed by atoms with Crippen molar-refractivity contribution >= 4 is 22.7 Å². The highest BCUT2D eigenvalue weighted by atomic mass is 16.6. The third kappa shape index (κ3) is 6.66. The average molecular weight is 395 g/mol. The molecule has 0 aliphatic heterocycles. The van der Waals surface area contributed by atoms with E-state index in [-0.39, 0.29) is 17.9 Å². The molecule has 0 heterocycles. The lowest BCUT2D eigenvalue weighted by molar-refractivity contribution is -0.384. The maximum Gasteiger partial charge on any atom is 0.270 e. The van der Waals surface area contributed by atoms with Gasteiger partial charge in [0.05, 0.1) is 16.2 Å².